The maximum Gasteiger partial charge on any atom is 0.306 e. The monoisotopic (exact) mass is 953 g/mol. The summed E-state index contributed by atoms with van der Waals surface area (Å²) < 4.78 is 16.8. The molecule has 6 nitrogen and oxygen atoms in total. The van der Waals surface area contributed by atoms with Gasteiger partial charge in [0.2, 0.25) is 0 Å². The second kappa shape index (κ2) is 56.1. The maximum absolute atomic E-state index is 12.9. The summed E-state index contributed by atoms with van der Waals surface area (Å²) in [6.45, 7) is 6.23. The van der Waals surface area contributed by atoms with Gasteiger partial charge in [-0.05, 0) is 116 Å². The molecule has 0 spiro atoms. The zero-order valence-corrected chi connectivity index (χ0v) is 44.3. The summed E-state index contributed by atoms with van der Waals surface area (Å²) in [5.74, 6) is -0.956. The van der Waals surface area contributed by atoms with Crippen molar-refractivity contribution >= 4 is 17.9 Å². The highest BCUT2D eigenvalue weighted by atomic mass is 16.6. The first-order valence-electron chi connectivity index (χ1n) is 27.7. The van der Waals surface area contributed by atoms with Gasteiger partial charge in [-0.15, -0.1) is 0 Å². The van der Waals surface area contributed by atoms with E-state index in [1.165, 1.54) is 25.7 Å². The number of hydrogen-bond donors (Lipinski definition) is 0. The van der Waals surface area contributed by atoms with Gasteiger partial charge in [0, 0.05) is 19.3 Å². The van der Waals surface area contributed by atoms with Gasteiger partial charge in [-0.25, -0.2) is 0 Å². The first-order valence-corrected chi connectivity index (χ1v) is 27.7. The molecule has 0 amide bonds. The summed E-state index contributed by atoms with van der Waals surface area (Å²) in [5, 5.41) is 0. The Kier molecular flexibility index (Phi) is 52.5. The third-order valence-corrected chi connectivity index (χ3v) is 11.2. The third-order valence-electron chi connectivity index (χ3n) is 11.2. The summed E-state index contributed by atoms with van der Waals surface area (Å²) >= 11 is 0. The van der Waals surface area contributed by atoms with Gasteiger partial charge in [0.25, 0.3) is 0 Å². The Balaban J connectivity index is 4.47. The lowest BCUT2D eigenvalue weighted by molar-refractivity contribution is -0.167. The number of carbonyl (C=O) groups excluding carboxylic acids is 3. The number of unbranched alkanes of at least 4 members (excludes halogenated alkanes) is 17. The van der Waals surface area contributed by atoms with Gasteiger partial charge >= 0.3 is 17.9 Å². The number of esters is 3. The van der Waals surface area contributed by atoms with Crippen LogP contribution in [0.4, 0.5) is 0 Å². The zero-order chi connectivity index (χ0) is 50.0. The van der Waals surface area contributed by atoms with E-state index < -0.39 is 6.10 Å². The molecule has 0 aromatic rings. The fourth-order valence-corrected chi connectivity index (χ4v) is 7.13. The first-order chi connectivity index (χ1) is 34.0. The van der Waals surface area contributed by atoms with E-state index >= 15 is 0 Å². The molecule has 0 aliphatic rings. The molecule has 0 fully saturated rings. The Morgan fingerprint density at radius 1 is 0.304 bits per heavy atom. The van der Waals surface area contributed by atoms with Crippen LogP contribution in [0, 0.1) is 0 Å². The van der Waals surface area contributed by atoms with Crippen LogP contribution in [0.15, 0.2) is 134 Å². The van der Waals surface area contributed by atoms with E-state index in [1.54, 1.807) is 0 Å². The lowest BCUT2D eigenvalue weighted by Gasteiger charge is -2.18. The molecular weight excluding hydrogens is 853 g/mol. The van der Waals surface area contributed by atoms with Crippen molar-refractivity contribution in [3.8, 4) is 0 Å². The molecular formula is C63H100O6. The van der Waals surface area contributed by atoms with E-state index in [9.17, 15) is 14.4 Å². The van der Waals surface area contributed by atoms with Gasteiger partial charge < -0.3 is 14.2 Å². The largest absolute Gasteiger partial charge is 0.462 e. The summed E-state index contributed by atoms with van der Waals surface area (Å²) in [6, 6.07) is 0. The van der Waals surface area contributed by atoms with Crippen LogP contribution < -0.4 is 0 Å². The summed E-state index contributed by atoms with van der Waals surface area (Å²) in [6.07, 6.45) is 78.6. The molecule has 388 valence electrons. The van der Waals surface area contributed by atoms with Crippen molar-refractivity contribution in [2.75, 3.05) is 13.2 Å². The Morgan fingerprint density at radius 3 is 0.971 bits per heavy atom. The van der Waals surface area contributed by atoms with E-state index in [1.807, 2.05) is 0 Å². The van der Waals surface area contributed by atoms with Crippen LogP contribution in [0.25, 0.3) is 0 Å². The molecule has 0 radical (unpaired) electrons. The third kappa shape index (κ3) is 54.4. The molecule has 0 N–H and O–H groups in total. The van der Waals surface area contributed by atoms with Crippen molar-refractivity contribution in [2.45, 2.75) is 232 Å². The molecule has 0 heterocycles. The Hall–Kier alpha value is -4.45. The molecule has 0 saturated heterocycles. The standard InChI is InChI=1S/C63H100O6/c1-4-7-10-13-16-19-22-25-27-29-31-33-35-38-41-44-47-50-53-56-62(65)68-59-60(58-67-61(64)55-52-49-46-43-40-37-24-21-18-15-12-9-6-3)69-63(66)57-54-51-48-45-42-39-36-34-32-30-28-26-23-20-17-14-11-8-5-2/h7-12,15-21,24-28,31-34,60H,4-6,13-14,22-23,29-30,35-59H2,1-3H3/b10-7-,11-8-,12-9-,18-15-,19-16-,20-17-,24-21-,27-25-,28-26-,33-31-,34-32-. The minimum Gasteiger partial charge on any atom is -0.462 e. The highest BCUT2D eigenvalue weighted by Crippen LogP contribution is 2.14. The Labute approximate surface area is 424 Å². The minimum absolute atomic E-state index is 0.103. The molecule has 6 heteroatoms. The van der Waals surface area contributed by atoms with Crippen molar-refractivity contribution < 1.29 is 28.6 Å². The van der Waals surface area contributed by atoms with E-state index in [0.717, 1.165) is 161 Å². The number of rotatable bonds is 48. The van der Waals surface area contributed by atoms with Crippen molar-refractivity contribution in [3.63, 3.8) is 0 Å². The highest BCUT2D eigenvalue weighted by Gasteiger charge is 2.19. The van der Waals surface area contributed by atoms with E-state index in [-0.39, 0.29) is 31.1 Å². The normalized spacial score (nSPS) is 13.1. The fourth-order valence-electron chi connectivity index (χ4n) is 7.13. The second-order valence-electron chi connectivity index (χ2n) is 17.8. The molecule has 0 bridgehead atoms. The Bertz CT molecular complexity index is 1510. The van der Waals surface area contributed by atoms with Crippen molar-refractivity contribution in [2.24, 2.45) is 0 Å². The maximum atomic E-state index is 12.9. The van der Waals surface area contributed by atoms with E-state index in [2.05, 4.69) is 154 Å². The smallest absolute Gasteiger partial charge is 0.306 e. The fraction of sp³-hybridized carbons (Fsp3) is 0.603. The lowest BCUT2D eigenvalue weighted by atomic mass is 10.1. The second-order valence-corrected chi connectivity index (χ2v) is 17.8. The van der Waals surface area contributed by atoms with Crippen LogP contribution >= 0.6 is 0 Å². The summed E-state index contributed by atoms with van der Waals surface area (Å²) in [5.41, 5.74) is 0. The molecule has 1 atom stereocenters. The molecule has 0 aliphatic carbocycles. The molecule has 0 aromatic carbocycles. The van der Waals surface area contributed by atoms with Crippen molar-refractivity contribution in [1.29, 1.82) is 0 Å². The topological polar surface area (TPSA) is 78.9 Å². The van der Waals surface area contributed by atoms with Crippen LogP contribution in [0.3, 0.4) is 0 Å². The highest BCUT2D eigenvalue weighted by molar-refractivity contribution is 5.71. The molecule has 0 rings (SSSR count). The van der Waals surface area contributed by atoms with Gasteiger partial charge in [-0.2, -0.15) is 0 Å². The molecule has 69 heavy (non-hydrogen) atoms. The van der Waals surface area contributed by atoms with Gasteiger partial charge in [-0.1, -0.05) is 225 Å². The summed E-state index contributed by atoms with van der Waals surface area (Å²) in [4.78, 5) is 38.1. The van der Waals surface area contributed by atoms with Gasteiger partial charge in [0.1, 0.15) is 13.2 Å². The van der Waals surface area contributed by atoms with Crippen molar-refractivity contribution in [1.82, 2.24) is 0 Å². The van der Waals surface area contributed by atoms with Crippen LogP contribution in [0.1, 0.15) is 226 Å². The SMILES string of the molecule is CC\C=C/C=C\C=C/CCCCCCCC(=O)OCC(COC(=O)CCCCCCCC/C=C\C/C=C\C/C=C\C/C=C\CC)OC(=O)CCCCCCCC/C=C\C/C=C\C/C=C\C/C=C\CC. The average molecular weight is 953 g/mol. The zero-order valence-electron chi connectivity index (χ0n) is 44.3. The predicted molar refractivity (Wildman–Crippen MR) is 297 cm³/mol. The van der Waals surface area contributed by atoms with Gasteiger partial charge in [0.05, 0.1) is 0 Å². The Morgan fingerprint density at radius 2 is 0.594 bits per heavy atom. The number of allylic oxidation sites excluding steroid dienone is 22. The van der Waals surface area contributed by atoms with Gasteiger partial charge in [0.15, 0.2) is 6.10 Å². The number of ether oxygens (including phenoxy) is 3. The van der Waals surface area contributed by atoms with Crippen LogP contribution in [-0.4, -0.2) is 37.2 Å². The van der Waals surface area contributed by atoms with Crippen LogP contribution in [0.5, 0.6) is 0 Å². The van der Waals surface area contributed by atoms with Crippen molar-refractivity contribution in [3.05, 3.63) is 134 Å². The predicted octanol–water partition coefficient (Wildman–Crippen LogP) is 18.6. The van der Waals surface area contributed by atoms with Gasteiger partial charge in [-0.3, -0.25) is 14.4 Å². The quantitative estimate of drug-likeness (QED) is 0.0199. The molecule has 1 unspecified atom stereocenters. The lowest BCUT2D eigenvalue weighted by Crippen LogP contribution is -2.30. The van der Waals surface area contributed by atoms with E-state index in [0.29, 0.717) is 19.3 Å². The molecule has 0 saturated carbocycles. The van der Waals surface area contributed by atoms with Crippen LogP contribution in [0.2, 0.25) is 0 Å². The number of hydrogen-bond acceptors (Lipinski definition) is 6. The average Bonchev–Trinajstić information content (AvgIpc) is 3.35. The van der Waals surface area contributed by atoms with Crippen LogP contribution in [-0.2, 0) is 28.6 Å². The minimum atomic E-state index is -0.806. The number of carbonyl (C=O) groups is 3. The molecule has 0 aliphatic heterocycles. The summed E-state index contributed by atoms with van der Waals surface area (Å²) in [7, 11) is 0. The van der Waals surface area contributed by atoms with E-state index in [4.69, 9.17) is 14.2 Å². The first kappa shape index (κ1) is 64.5. The molecule has 0 aromatic heterocycles.